The lowest BCUT2D eigenvalue weighted by Gasteiger charge is -2.24. The Hall–Kier alpha value is -3.34. The van der Waals surface area contributed by atoms with Crippen LogP contribution in [0.25, 0.3) is 0 Å². The lowest BCUT2D eigenvalue weighted by Crippen LogP contribution is -2.39. The Balaban J connectivity index is 2.91. The Bertz CT molecular complexity index is 1030. The Kier molecular flexibility index (Phi) is 15.4. The van der Waals surface area contributed by atoms with Crippen molar-refractivity contribution >= 4 is 24.2 Å². The monoisotopic (exact) mass is 595 g/mol. The van der Waals surface area contributed by atoms with Crippen LogP contribution < -0.4 is 15.2 Å². The van der Waals surface area contributed by atoms with E-state index in [-0.39, 0.29) is 48.9 Å². The second-order valence-electron chi connectivity index (χ2n) is 12.4. The van der Waals surface area contributed by atoms with E-state index in [0.717, 1.165) is 0 Å². The van der Waals surface area contributed by atoms with E-state index in [9.17, 15) is 19.2 Å². The summed E-state index contributed by atoms with van der Waals surface area (Å²) in [4.78, 5) is 49.3. The molecule has 0 aromatic heterocycles. The zero-order chi connectivity index (χ0) is 32.0. The van der Waals surface area contributed by atoms with Crippen LogP contribution in [0, 0.1) is 17.3 Å². The fraction of sp³-hybridized carbons (Fsp3) is 0.677. The summed E-state index contributed by atoms with van der Waals surface area (Å²) in [7, 11) is 0. The predicted octanol–water partition coefficient (Wildman–Crippen LogP) is 5.98. The van der Waals surface area contributed by atoms with E-state index in [0.29, 0.717) is 30.2 Å². The van der Waals surface area contributed by atoms with Gasteiger partial charge in [0.25, 0.3) is 0 Å². The van der Waals surface area contributed by atoms with Crippen LogP contribution in [-0.4, -0.2) is 55.7 Å². The summed E-state index contributed by atoms with van der Waals surface area (Å²) in [6.45, 7) is 17.3. The summed E-state index contributed by atoms with van der Waals surface area (Å²) in [5.74, 6) is -0.597. The molecule has 1 aromatic carbocycles. The van der Waals surface area contributed by atoms with E-state index in [1.165, 1.54) is 12.1 Å². The number of hydrogen-bond donors (Lipinski definition) is 1. The van der Waals surface area contributed by atoms with Crippen LogP contribution in [0.2, 0.25) is 0 Å². The fourth-order valence-corrected chi connectivity index (χ4v) is 3.32. The molecule has 3 atom stereocenters. The Morgan fingerprint density at radius 2 is 1.26 bits per heavy atom. The van der Waals surface area contributed by atoms with Gasteiger partial charge in [0.15, 0.2) is 11.5 Å². The molecular formula is C31H49NO10. The highest BCUT2D eigenvalue weighted by Gasteiger charge is 2.26. The third-order valence-corrected chi connectivity index (χ3v) is 5.94. The molecule has 238 valence electrons. The number of nitrogens with two attached hydrogens (primary N) is 1. The van der Waals surface area contributed by atoms with Crippen molar-refractivity contribution in [1.29, 1.82) is 0 Å². The van der Waals surface area contributed by atoms with Gasteiger partial charge in [0.1, 0.15) is 18.2 Å². The van der Waals surface area contributed by atoms with Crippen molar-refractivity contribution in [3.63, 3.8) is 0 Å². The summed E-state index contributed by atoms with van der Waals surface area (Å²) in [6.07, 6.45) is -1.79. The smallest absolute Gasteiger partial charge is 0.459 e. The zero-order valence-electron chi connectivity index (χ0n) is 26.5. The molecule has 0 radical (unpaired) electrons. The number of ether oxygens (including phenoxy) is 6. The third-order valence-electron chi connectivity index (χ3n) is 5.94. The minimum Gasteiger partial charge on any atom is -0.459 e. The van der Waals surface area contributed by atoms with Gasteiger partial charge < -0.3 is 34.2 Å². The van der Waals surface area contributed by atoms with Gasteiger partial charge in [-0.3, -0.25) is 9.59 Å². The van der Waals surface area contributed by atoms with Crippen molar-refractivity contribution < 1.29 is 47.6 Å². The number of rotatable bonds is 15. The maximum Gasteiger partial charge on any atom is 0.513 e. The van der Waals surface area contributed by atoms with Gasteiger partial charge in [-0.05, 0) is 68.1 Å². The minimum absolute atomic E-state index is 0.0155. The van der Waals surface area contributed by atoms with E-state index >= 15 is 0 Å². The van der Waals surface area contributed by atoms with Crippen molar-refractivity contribution in [3.8, 4) is 11.5 Å². The van der Waals surface area contributed by atoms with Gasteiger partial charge in [-0.2, -0.15) is 0 Å². The lowest BCUT2D eigenvalue weighted by atomic mass is 9.92. The van der Waals surface area contributed by atoms with Crippen molar-refractivity contribution in [3.05, 3.63) is 23.8 Å². The fourth-order valence-electron chi connectivity index (χ4n) is 3.32. The van der Waals surface area contributed by atoms with Crippen molar-refractivity contribution in [1.82, 2.24) is 0 Å². The minimum atomic E-state index is -1.08. The van der Waals surface area contributed by atoms with Crippen LogP contribution in [0.15, 0.2) is 18.2 Å². The van der Waals surface area contributed by atoms with E-state index in [4.69, 9.17) is 34.2 Å². The molecule has 42 heavy (non-hydrogen) atoms. The number of hydrogen-bond acceptors (Lipinski definition) is 11. The Labute approximate surface area is 249 Å². The van der Waals surface area contributed by atoms with E-state index in [2.05, 4.69) is 0 Å². The highest BCUT2D eigenvalue weighted by Crippen LogP contribution is 2.30. The molecule has 0 aliphatic heterocycles. The van der Waals surface area contributed by atoms with Crippen LogP contribution in [0.4, 0.5) is 9.59 Å². The first kappa shape index (κ1) is 36.7. The van der Waals surface area contributed by atoms with Gasteiger partial charge in [-0.1, -0.05) is 54.5 Å². The van der Waals surface area contributed by atoms with Crippen LogP contribution in [0.1, 0.15) is 87.1 Å². The molecule has 0 spiro atoms. The SMILES string of the molecule is CC(C)CCOC(=O)Oc1ccc(C[C@H](N)C(=O)O[C@@H](C)C(C)OC(=O)CC(C)(C)C)cc1OC(=O)OCCC(C)C. The van der Waals surface area contributed by atoms with Crippen molar-refractivity contribution in [2.75, 3.05) is 13.2 Å². The molecule has 11 heteroatoms. The highest BCUT2D eigenvalue weighted by molar-refractivity contribution is 5.76. The Morgan fingerprint density at radius 3 is 1.76 bits per heavy atom. The number of carbonyl (C=O) groups is 4. The van der Waals surface area contributed by atoms with Gasteiger partial charge in [0, 0.05) is 0 Å². The topological polar surface area (TPSA) is 150 Å². The molecule has 0 saturated carbocycles. The normalized spacial score (nSPS) is 13.6. The summed E-state index contributed by atoms with van der Waals surface area (Å²) in [6, 6.07) is 3.32. The molecule has 2 N–H and O–H groups in total. The average Bonchev–Trinajstić information content (AvgIpc) is 2.83. The molecular weight excluding hydrogens is 546 g/mol. The van der Waals surface area contributed by atoms with Crippen LogP contribution in [0.5, 0.6) is 11.5 Å². The highest BCUT2D eigenvalue weighted by atomic mass is 16.7. The van der Waals surface area contributed by atoms with Crippen LogP contribution in [-0.2, 0) is 35.0 Å². The van der Waals surface area contributed by atoms with Gasteiger partial charge in [0.2, 0.25) is 0 Å². The molecule has 0 amide bonds. The summed E-state index contributed by atoms with van der Waals surface area (Å²) < 4.78 is 31.6. The molecule has 11 nitrogen and oxygen atoms in total. The number of carbonyl (C=O) groups excluding carboxylic acids is 4. The standard InChI is InChI=1S/C31H49NO10/c1-19(2)12-14-37-29(35)41-25-11-10-23(17-26(25)42-30(36)38-15-13-20(3)4)16-24(32)28(34)40-22(6)21(5)39-27(33)18-31(7,8)9/h10-11,17,19-22,24H,12-16,18,32H2,1-9H3/t21?,22-,24-/m0/s1. The second kappa shape index (κ2) is 17.6. The summed E-state index contributed by atoms with van der Waals surface area (Å²) in [5, 5.41) is 0. The molecule has 0 saturated heterocycles. The first-order valence-electron chi connectivity index (χ1n) is 14.4. The molecule has 0 heterocycles. The van der Waals surface area contributed by atoms with Gasteiger partial charge in [-0.25, -0.2) is 9.59 Å². The number of esters is 2. The first-order valence-corrected chi connectivity index (χ1v) is 14.4. The van der Waals surface area contributed by atoms with Gasteiger partial charge >= 0.3 is 24.2 Å². The van der Waals surface area contributed by atoms with Gasteiger partial charge in [-0.15, -0.1) is 0 Å². The Morgan fingerprint density at radius 1 is 0.762 bits per heavy atom. The lowest BCUT2D eigenvalue weighted by molar-refractivity contribution is -0.167. The van der Waals surface area contributed by atoms with Gasteiger partial charge in [0.05, 0.1) is 19.6 Å². The third kappa shape index (κ3) is 15.6. The predicted molar refractivity (Wildman–Crippen MR) is 156 cm³/mol. The van der Waals surface area contributed by atoms with Crippen molar-refractivity contribution in [2.45, 2.75) is 106 Å². The second-order valence-corrected chi connectivity index (χ2v) is 12.4. The maximum absolute atomic E-state index is 12.7. The maximum atomic E-state index is 12.7. The summed E-state index contributed by atoms with van der Waals surface area (Å²) in [5.41, 5.74) is 6.37. The first-order chi connectivity index (χ1) is 19.5. The molecule has 0 fully saturated rings. The van der Waals surface area contributed by atoms with Crippen LogP contribution in [0.3, 0.4) is 0 Å². The van der Waals surface area contributed by atoms with Crippen LogP contribution >= 0.6 is 0 Å². The largest absolute Gasteiger partial charge is 0.513 e. The molecule has 0 aliphatic rings. The quantitative estimate of drug-likeness (QED) is 0.145. The average molecular weight is 596 g/mol. The molecule has 1 unspecified atom stereocenters. The van der Waals surface area contributed by atoms with Crippen molar-refractivity contribution in [2.24, 2.45) is 23.0 Å². The molecule has 1 aromatic rings. The van der Waals surface area contributed by atoms with E-state index < -0.39 is 36.5 Å². The summed E-state index contributed by atoms with van der Waals surface area (Å²) >= 11 is 0. The molecule has 0 aliphatic carbocycles. The van der Waals surface area contributed by atoms with E-state index in [1.54, 1.807) is 19.9 Å². The molecule has 1 rings (SSSR count). The van der Waals surface area contributed by atoms with E-state index in [1.807, 2.05) is 48.5 Å². The zero-order valence-corrected chi connectivity index (χ0v) is 26.5. The molecule has 0 bridgehead atoms. The number of benzene rings is 1.